The van der Waals surface area contributed by atoms with Gasteiger partial charge in [-0.1, -0.05) is 263 Å². The Morgan fingerprint density at radius 1 is 0.242 bits per heavy atom. The van der Waals surface area contributed by atoms with Crippen LogP contribution in [-0.4, -0.2) is 134 Å². The summed E-state index contributed by atoms with van der Waals surface area (Å²) in [6, 6.07) is 33.5. The van der Waals surface area contributed by atoms with E-state index in [0.717, 1.165) is 89.0 Å². The molecule has 132 heavy (non-hydrogen) atoms. The molecule has 0 saturated heterocycles. The Morgan fingerprint density at radius 3 is 0.591 bits per heavy atom. The van der Waals surface area contributed by atoms with Gasteiger partial charge in [0.05, 0.1) is 24.0 Å². The quantitative estimate of drug-likeness (QED) is 0.0366. The number of rotatable bonds is 26. The minimum absolute atomic E-state index is 0.124. The predicted molar refractivity (Wildman–Crippen MR) is 509 cm³/mol. The monoisotopic (exact) mass is 1810 g/mol. The van der Waals surface area contributed by atoms with Crippen molar-refractivity contribution in [3.8, 4) is 46.0 Å². The fraction of sp³-hybridized carbons (Fsp3) is 0.491. The first-order chi connectivity index (χ1) is 61.1. The van der Waals surface area contributed by atoms with E-state index in [4.69, 9.17) is 47.4 Å². The molecule has 16 bridgehead atoms. The van der Waals surface area contributed by atoms with Crippen LogP contribution in [0.3, 0.4) is 0 Å². The molecule has 0 aromatic heterocycles. The summed E-state index contributed by atoms with van der Waals surface area (Å²) >= 11 is 0. The molecule has 12 rings (SSSR count). The van der Waals surface area contributed by atoms with Crippen molar-refractivity contribution in [3.05, 3.63) is 231 Å². The number of esters is 2. The zero-order valence-electron chi connectivity index (χ0n) is 82.7. The number of fused-ring (bicyclic) bond motifs is 22. The number of carboxylic acid groups (broad SMARTS) is 4. The van der Waals surface area contributed by atoms with Gasteiger partial charge in [0.2, 0.25) is 0 Å². The maximum absolute atomic E-state index is 13.5. The molecule has 4 N–H and O–H groups in total. The van der Waals surface area contributed by atoms with Crippen molar-refractivity contribution in [2.24, 2.45) is 0 Å². The third-order valence-electron chi connectivity index (χ3n) is 25.1. The van der Waals surface area contributed by atoms with Gasteiger partial charge < -0.3 is 67.8 Å². The van der Waals surface area contributed by atoms with Crippen LogP contribution >= 0.6 is 0 Å². The topological polar surface area (TPSA) is 310 Å². The van der Waals surface area contributed by atoms with E-state index in [1.54, 1.807) is 13.8 Å². The van der Waals surface area contributed by atoms with Crippen LogP contribution in [0.25, 0.3) is 0 Å². The highest BCUT2D eigenvalue weighted by Crippen LogP contribution is 2.63. The van der Waals surface area contributed by atoms with Gasteiger partial charge >= 0.3 is 35.8 Å². The average molecular weight is 1810 g/mol. The van der Waals surface area contributed by atoms with Crippen molar-refractivity contribution in [3.63, 3.8) is 0 Å². The smallest absolute Gasteiger partial charge is 0.344 e. The lowest BCUT2D eigenvalue weighted by Crippen LogP contribution is -2.33. The third kappa shape index (κ3) is 22.0. The van der Waals surface area contributed by atoms with E-state index in [1.165, 1.54) is 13.8 Å². The number of hydrogen-bond donors (Lipinski definition) is 4. The Hall–Kier alpha value is -11.7. The Bertz CT molecular complexity index is 5740. The van der Waals surface area contributed by atoms with E-state index in [2.05, 4.69) is 215 Å². The number of carbonyl (C=O) groups excluding carboxylic acids is 4. The van der Waals surface area contributed by atoms with Gasteiger partial charge in [-0.15, -0.1) is 0 Å². The lowest BCUT2D eigenvalue weighted by Gasteiger charge is -2.38. The predicted octanol–water partition coefficient (Wildman–Crippen LogP) is 20.2. The van der Waals surface area contributed by atoms with Crippen LogP contribution in [0, 0.1) is 0 Å². The van der Waals surface area contributed by atoms with Gasteiger partial charge in [0, 0.05) is 59.1 Å². The van der Waals surface area contributed by atoms with E-state index in [9.17, 15) is 58.8 Å². The molecule has 4 aliphatic carbocycles. The van der Waals surface area contributed by atoms with Crippen LogP contribution < -0.4 is 37.9 Å². The minimum atomic E-state index is -1.35. The van der Waals surface area contributed by atoms with Gasteiger partial charge in [-0.05, 0) is 184 Å². The number of ether oxygens (including phenoxy) is 10. The molecule has 1 unspecified atom stereocenters. The maximum atomic E-state index is 13.5. The summed E-state index contributed by atoms with van der Waals surface area (Å²) in [5.74, 6) is -2.77. The second-order valence-corrected chi connectivity index (χ2v) is 44.1. The van der Waals surface area contributed by atoms with E-state index in [1.807, 2.05) is 48.5 Å². The first kappa shape index (κ1) is 101. The summed E-state index contributed by atoms with van der Waals surface area (Å²) in [6.07, 6.45) is 1.49. The molecular weight excluding hydrogens is 1670 g/mol. The number of ketones is 2. The molecule has 0 saturated carbocycles. The van der Waals surface area contributed by atoms with Crippen molar-refractivity contribution in [1.29, 1.82) is 0 Å². The molecule has 8 aromatic rings. The van der Waals surface area contributed by atoms with Crippen molar-refractivity contribution in [2.45, 2.75) is 287 Å². The molecule has 0 heterocycles. The highest BCUT2D eigenvalue weighted by atomic mass is 16.6. The molecule has 0 amide bonds. The summed E-state index contributed by atoms with van der Waals surface area (Å²) < 4.78 is 63.7. The highest BCUT2D eigenvalue weighted by molar-refractivity contribution is 5.82. The van der Waals surface area contributed by atoms with Gasteiger partial charge in [-0.2, -0.15) is 0 Å². The number of hydrogen-bond acceptors (Lipinski definition) is 18. The highest BCUT2D eigenvalue weighted by Gasteiger charge is 2.54. The van der Waals surface area contributed by atoms with Crippen molar-refractivity contribution >= 4 is 47.4 Å². The summed E-state index contributed by atoms with van der Waals surface area (Å²) in [6.45, 7) is 54.1. The molecule has 1 atom stereocenters. The van der Waals surface area contributed by atoms with E-state index < -0.39 is 106 Å². The van der Waals surface area contributed by atoms with Crippen LogP contribution in [0.1, 0.15) is 327 Å². The number of carboxylic acids is 4. The average Bonchev–Trinajstić information content (AvgIpc) is 1.51. The van der Waals surface area contributed by atoms with E-state index >= 15 is 0 Å². The fourth-order valence-electron chi connectivity index (χ4n) is 18.1. The largest absolute Gasteiger partial charge is 0.485 e. The number of benzene rings is 8. The van der Waals surface area contributed by atoms with Gasteiger partial charge in [0.15, 0.2) is 51.2 Å². The van der Waals surface area contributed by atoms with Crippen LogP contribution in [0.2, 0.25) is 0 Å². The lowest BCUT2D eigenvalue weighted by molar-refractivity contribution is -0.146. The first-order valence-electron chi connectivity index (χ1n) is 45.7. The van der Waals surface area contributed by atoms with E-state index in [-0.39, 0.29) is 92.8 Å². The zero-order valence-corrected chi connectivity index (χ0v) is 82.7. The van der Waals surface area contributed by atoms with E-state index in [0.29, 0.717) is 98.3 Å². The summed E-state index contributed by atoms with van der Waals surface area (Å²) in [5, 5.41) is 40.5. The second-order valence-electron chi connectivity index (χ2n) is 44.1. The molecule has 0 radical (unpaired) electrons. The van der Waals surface area contributed by atoms with Crippen LogP contribution in [0.15, 0.2) is 97.1 Å². The molecule has 2 spiro atoms. The molecule has 8 aromatic carbocycles. The summed E-state index contributed by atoms with van der Waals surface area (Å²) in [5.41, 5.74) is 13.4. The minimum Gasteiger partial charge on any atom is -0.485 e. The maximum Gasteiger partial charge on any atom is 0.344 e. The third-order valence-corrected chi connectivity index (χ3v) is 25.1. The Kier molecular flexibility index (Phi) is 28.9. The SMILES string of the molecule is CC(C)(C)c1cc2c(OCC(=O)O)c(c1)Cc1cc(C(C)(C)C)cc(c1OCC(=O)O)C1(Cc3cc(C(C)(C)C)cc1c3OCC(=O)O)c1cc(C(C)(C)C)cc(c1OCC(=O)O)C2.CCOC(=O)COc1c2cc(C(C)(C)C)cc1C1(Cc3cc(C(C)(C)C)cc1c3OCC(=O)OCC)c1cc(C(C)(C)C)cc(c1OCC(C)=O)Cc1cc(C(C)(C)C)cc(c1OCC(C)=O)C2. The Morgan fingerprint density at radius 2 is 0.402 bits per heavy atom. The summed E-state index contributed by atoms with van der Waals surface area (Å²) in [7, 11) is 0. The van der Waals surface area contributed by atoms with Gasteiger partial charge in [0.1, 0.15) is 59.2 Å². The van der Waals surface area contributed by atoms with Crippen LogP contribution in [-0.2, 0) is 141 Å². The Balaban J connectivity index is 0.000000255. The normalized spacial score (nSPS) is 14.9. The number of Topliss-reactive ketones (excluding diaryl/α,β-unsaturated/α-hetero) is 2. The van der Waals surface area contributed by atoms with Crippen LogP contribution in [0.5, 0.6) is 46.0 Å². The molecule has 708 valence electrons. The van der Waals surface area contributed by atoms with Gasteiger partial charge in [-0.3, -0.25) is 9.59 Å². The standard InChI is InChI=1S/C58H74O10.C52H62O12/c1-17-63-48(61)32-67-52-39-20-37-22-41(54(5,6)7)21-36(50(37)65-30-34(3)59)19-38-23-42(55(8,9)10)26-45(51(38)66-31-35(4)60)58(46(52)27-43(24-39)56(11,12)13)29-40-25-44(57(14,15)16)28-47(58)53(40)68-33-49(62)64-18-2;1-48(2,3)33-15-28-13-30-17-34(49(4,5)6)20-37(45(30)62-25-41(55)56)52(23-32-19-36(51(10,11)12)22-39(52)47(32)64-27-43(59)60)38-21-35(50(7,8)9)18-31(46(38)63-26-42(57)58)14-29(16-33)44(28)61-24-40(53)54/h21-28H,17-20,29-33H2,1-16H3;15-22H,13-14,23-27H2,1-12H3,(H,53,54)(H,55,56)(H,57,58)(H,59,60). The lowest BCUT2D eigenvalue weighted by atomic mass is 9.65. The van der Waals surface area contributed by atoms with Gasteiger partial charge in [-0.25, -0.2) is 28.8 Å². The number of carbonyl (C=O) groups is 8. The molecule has 4 aliphatic rings. The molecular formula is C110H136O22. The van der Waals surface area contributed by atoms with Crippen LogP contribution in [0.4, 0.5) is 0 Å². The zero-order chi connectivity index (χ0) is 97.8. The van der Waals surface area contributed by atoms with Crippen molar-refractivity contribution in [1.82, 2.24) is 0 Å². The van der Waals surface area contributed by atoms with Gasteiger partial charge in [0.25, 0.3) is 0 Å². The Labute approximate surface area is 778 Å². The fourth-order valence-corrected chi connectivity index (χ4v) is 18.1. The molecule has 0 aliphatic heterocycles. The van der Waals surface area contributed by atoms with Crippen molar-refractivity contribution < 1.29 is 106 Å². The number of aliphatic carboxylic acids is 4. The van der Waals surface area contributed by atoms with Crippen molar-refractivity contribution in [2.75, 3.05) is 66.1 Å². The first-order valence-corrected chi connectivity index (χ1v) is 45.7. The molecule has 22 nitrogen and oxygen atoms in total. The molecule has 0 fully saturated rings. The molecule has 22 heteroatoms. The summed E-state index contributed by atoms with van der Waals surface area (Å²) in [4.78, 5) is 102. The second kappa shape index (κ2) is 37.8.